The summed E-state index contributed by atoms with van der Waals surface area (Å²) in [6.45, 7) is 4.64. The first kappa shape index (κ1) is 22.8. The van der Waals surface area contributed by atoms with Crippen molar-refractivity contribution in [3.05, 3.63) is 23.8 Å². The van der Waals surface area contributed by atoms with E-state index in [2.05, 4.69) is 14.7 Å². The lowest BCUT2D eigenvalue weighted by Gasteiger charge is -2.31. The third kappa shape index (κ3) is 5.85. The zero-order valence-electron chi connectivity index (χ0n) is 17.5. The lowest BCUT2D eigenvalue weighted by molar-refractivity contribution is -0.0514. The average molecular weight is 442 g/mol. The Balaban J connectivity index is 1.82. The molecule has 9 heteroatoms. The van der Waals surface area contributed by atoms with Gasteiger partial charge in [-0.15, -0.1) is 0 Å². The summed E-state index contributed by atoms with van der Waals surface area (Å²) in [5.74, 6) is 0.236. The molecule has 0 radical (unpaired) electrons. The fourth-order valence-corrected chi connectivity index (χ4v) is 4.64. The molecular formula is C21H29F2N3O3S. The van der Waals surface area contributed by atoms with Gasteiger partial charge < -0.3 is 14.4 Å². The van der Waals surface area contributed by atoms with Gasteiger partial charge >= 0.3 is 11.9 Å². The molecular weight excluding hydrogens is 412 g/mol. The number of carbonyl (C=O) groups excluding carboxylic acids is 1. The van der Waals surface area contributed by atoms with Crippen LogP contribution in [0.5, 0.6) is 11.5 Å². The van der Waals surface area contributed by atoms with Crippen molar-refractivity contribution in [2.45, 2.75) is 51.4 Å². The predicted octanol–water partition coefficient (Wildman–Crippen LogP) is 4.82. The van der Waals surface area contributed by atoms with Crippen molar-refractivity contribution in [1.29, 1.82) is 0 Å². The van der Waals surface area contributed by atoms with Crippen molar-refractivity contribution in [3.8, 4) is 11.5 Å². The Morgan fingerprint density at radius 3 is 2.60 bits per heavy atom. The van der Waals surface area contributed by atoms with Crippen LogP contribution in [0.1, 0.15) is 45.1 Å². The molecule has 30 heavy (non-hydrogen) atoms. The minimum Gasteiger partial charge on any atom is -0.490 e. The predicted molar refractivity (Wildman–Crippen MR) is 115 cm³/mol. The number of ether oxygens (including phenoxy) is 2. The lowest BCUT2D eigenvalue weighted by Crippen LogP contribution is -2.41. The molecule has 2 heterocycles. The van der Waals surface area contributed by atoms with Gasteiger partial charge in [0.2, 0.25) is 0 Å². The van der Waals surface area contributed by atoms with Crippen molar-refractivity contribution in [3.63, 3.8) is 0 Å². The van der Waals surface area contributed by atoms with Gasteiger partial charge in [0.15, 0.2) is 11.5 Å². The van der Waals surface area contributed by atoms with Crippen LogP contribution in [0.15, 0.2) is 23.3 Å². The molecule has 0 N–H and O–H groups in total. The van der Waals surface area contributed by atoms with Gasteiger partial charge in [0.1, 0.15) is 0 Å². The maximum atomic E-state index is 12.7. The highest BCUT2D eigenvalue weighted by Gasteiger charge is 2.31. The van der Waals surface area contributed by atoms with Crippen LogP contribution in [0.2, 0.25) is 0 Å². The van der Waals surface area contributed by atoms with Gasteiger partial charge in [-0.25, -0.2) is 5.01 Å². The highest BCUT2D eigenvalue weighted by molar-refractivity contribution is 8.14. The van der Waals surface area contributed by atoms with Gasteiger partial charge in [-0.2, -0.15) is 13.9 Å². The van der Waals surface area contributed by atoms with E-state index in [1.807, 2.05) is 6.92 Å². The highest BCUT2D eigenvalue weighted by atomic mass is 32.2. The van der Waals surface area contributed by atoms with E-state index in [0.717, 1.165) is 37.3 Å². The molecule has 1 saturated heterocycles. The molecule has 1 fully saturated rings. The van der Waals surface area contributed by atoms with Crippen molar-refractivity contribution in [2.75, 3.05) is 32.8 Å². The number of thioether (sulfide) groups is 1. The number of hydrazone groups is 1. The normalized spacial score (nSPS) is 20.4. The van der Waals surface area contributed by atoms with Gasteiger partial charge in [0, 0.05) is 12.1 Å². The second kappa shape index (κ2) is 10.9. The maximum Gasteiger partial charge on any atom is 0.387 e. The molecule has 6 nitrogen and oxygen atoms in total. The summed E-state index contributed by atoms with van der Waals surface area (Å²) in [4.78, 5) is 15.0. The second-order valence-corrected chi connectivity index (χ2v) is 8.42. The van der Waals surface area contributed by atoms with E-state index < -0.39 is 6.61 Å². The minimum atomic E-state index is -2.93. The van der Waals surface area contributed by atoms with E-state index in [4.69, 9.17) is 4.74 Å². The third-order valence-electron chi connectivity index (χ3n) is 5.19. The Bertz CT molecular complexity index is 757. The Hall–Kier alpha value is -1.87. The number of nitrogens with zero attached hydrogens (tertiary/aromatic N) is 3. The van der Waals surface area contributed by atoms with E-state index >= 15 is 0 Å². The van der Waals surface area contributed by atoms with Gasteiger partial charge in [0.05, 0.1) is 24.1 Å². The molecule has 1 aromatic carbocycles. The van der Waals surface area contributed by atoms with Crippen LogP contribution in [0.25, 0.3) is 0 Å². The van der Waals surface area contributed by atoms with Crippen LogP contribution < -0.4 is 9.47 Å². The number of rotatable bonds is 9. The molecule has 1 amide bonds. The Morgan fingerprint density at radius 2 is 1.93 bits per heavy atom. The SMILES string of the molecule is CCOc1cc(C2=NN(CCN3CCCCC3)C(=O)SC2CC)ccc1OC(F)F. The van der Waals surface area contributed by atoms with Crippen LogP contribution in [-0.2, 0) is 0 Å². The number of piperidine rings is 1. The summed E-state index contributed by atoms with van der Waals surface area (Å²) in [7, 11) is 0. The van der Waals surface area contributed by atoms with Crippen molar-refractivity contribution >= 4 is 22.7 Å². The Labute approximate surface area is 180 Å². The van der Waals surface area contributed by atoms with Crippen LogP contribution in [0.4, 0.5) is 13.6 Å². The molecule has 2 aliphatic rings. The smallest absolute Gasteiger partial charge is 0.387 e. The van der Waals surface area contributed by atoms with Gasteiger partial charge in [0.25, 0.3) is 0 Å². The lowest BCUT2D eigenvalue weighted by atomic mass is 10.0. The molecule has 1 unspecified atom stereocenters. The van der Waals surface area contributed by atoms with E-state index in [1.165, 1.54) is 42.1 Å². The molecule has 166 valence electrons. The number of likely N-dealkylation sites (tertiary alicyclic amines) is 1. The largest absolute Gasteiger partial charge is 0.490 e. The monoisotopic (exact) mass is 441 g/mol. The molecule has 2 aliphatic heterocycles. The topological polar surface area (TPSA) is 54.4 Å². The van der Waals surface area contributed by atoms with Crippen molar-refractivity contribution < 1.29 is 23.0 Å². The third-order valence-corrected chi connectivity index (χ3v) is 6.44. The number of amides is 1. The van der Waals surface area contributed by atoms with Gasteiger partial charge in [-0.3, -0.25) is 4.79 Å². The number of benzene rings is 1. The fourth-order valence-electron chi connectivity index (χ4n) is 3.68. The molecule has 0 saturated carbocycles. The van der Waals surface area contributed by atoms with E-state index in [0.29, 0.717) is 13.2 Å². The number of hydrogen-bond donors (Lipinski definition) is 0. The molecule has 1 aromatic rings. The van der Waals surface area contributed by atoms with Crippen molar-refractivity contribution in [2.24, 2.45) is 5.10 Å². The summed E-state index contributed by atoms with van der Waals surface area (Å²) >= 11 is 1.26. The van der Waals surface area contributed by atoms with Gasteiger partial charge in [-0.05, 0) is 57.5 Å². The second-order valence-electron chi connectivity index (χ2n) is 7.26. The summed E-state index contributed by atoms with van der Waals surface area (Å²) in [5.41, 5.74) is 1.50. The van der Waals surface area contributed by atoms with E-state index in [-0.39, 0.29) is 22.0 Å². The molecule has 0 bridgehead atoms. The summed E-state index contributed by atoms with van der Waals surface area (Å²) in [5, 5.41) is 6.05. The van der Waals surface area contributed by atoms with Gasteiger partial charge in [-0.1, -0.05) is 25.1 Å². The zero-order valence-corrected chi connectivity index (χ0v) is 18.3. The zero-order chi connectivity index (χ0) is 21.5. The first-order chi connectivity index (χ1) is 14.5. The molecule has 0 spiro atoms. The first-order valence-electron chi connectivity index (χ1n) is 10.5. The van der Waals surface area contributed by atoms with E-state index in [1.54, 1.807) is 19.1 Å². The number of carbonyl (C=O) groups is 1. The minimum absolute atomic E-state index is 0.00857. The summed E-state index contributed by atoms with van der Waals surface area (Å²) < 4.78 is 35.5. The maximum absolute atomic E-state index is 12.7. The number of alkyl halides is 2. The van der Waals surface area contributed by atoms with E-state index in [9.17, 15) is 13.6 Å². The number of halogens is 2. The number of hydrogen-bond acceptors (Lipinski definition) is 6. The first-order valence-corrected chi connectivity index (χ1v) is 11.4. The molecule has 1 atom stereocenters. The average Bonchev–Trinajstić information content (AvgIpc) is 2.74. The molecule has 0 aromatic heterocycles. The summed E-state index contributed by atoms with van der Waals surface area (Å²) in [6, 6.07) is 4.84. The van der Waals surface area contributed by atoms with Crippen LogP contribution in [0, 0.1) is 0 Å². The molecule has 0 aliphatic carbocycles. The Morgan fingerprint density at radius 1 is 1.17 bits per heavy atom. The van der Waals surface area contributed by atoms with Crippen molar-refractivity contribution in [1.82, 2.24) is 9.91 Å². The standard InChI is InChI=1S/C21H29F2N3O3S/c1-3-18-19(15-8-9-16(29-20(22)23)17(14-15)28-4-2)24-26(21(27)30-18)13-12-25-10-6-5-7-11-25/h8-9,14,18,20H,3-7,10-13H2,1-2H3. The highest BCUT2D eigenvalue weighted by Crippen LogP contribution is 2.34. The molecule has 3 rings (SSSR count). The summed E-state index contributed by atoms with van der Waals surface area (Å²) in [6.07, 6.45) is 4.39. The quantitative estimate of drug-likeness (QED) is 0.550. The fraction of sp³-hybridized carbons (Fsp3) is 0.619. The Kier molecular flexibility index (Phi) is 8.32. The van der Waals surface area contributed by atoms with Crippen LogP contribution in [0.3, 0.4) is 0 Å². The van der Waals surface area contributed by atoms with Crippen LogP contribution in [-0.4, -0.2) is 65.5 Å². The van der Waals surface area contributed by atoms with Crippen LogP contribution >= 0.6 is 11.8 Å².